The summed E-state index contributed by atoms with van der Waals surface area (Å²) in [6, 6.07) is 5.91. The highest BCUT2D eigenvalue weighted by Gasteiger charge is 2.15. The highest BCUT2D eigenvalue weighted by atomic mass is 32.2. The van der Waals surface area contributed by atoms with Gasteiger partial charge in [0.1, 0.15) is 0 Å². The smallest absolute Gasteiger partial charge is 0.311 e. The number of nitrogens with zero attached hydrogens (tertiary/aromatic N) is 3. The van der Waals surface area contributed by atoms with E-state index in [1.807, 2.05) is 6.92 Å². The van der Waals surface area contributed by atoms with Crippen LogP contribution in [0.5, 0.6) is 5.75 Å². The van der Waals surface area contributed by atoms with Crippen LogP contribution in [0.3, 0.4) is 0 Å². The van der Waals surface area contributed by atoms with Crippen molar-refractivity contribution >= 4 is 29.0 Å². The van der Waals surface area contributed by atoms with Crippen molar-refractivity contribution in [2.45, 2.75) is 12.1 Å². The van der Waals surface area contributed by atoms with Gasteiger partial charge in [-0.3, -0.25) is 14.9 Å². The second-order valence-electron chi connectivity index (χ2n) is 4.46. The van der Waals surface area contributed by atoms with Crippen molar-refractivity contribution in [3.05, 3.63) is 46.3 Å². The Morgan fingerprint density at radius 3 is 2.87 bits per heavy atom. The third-order valence-corrected chi connectivity index (χ3v) is 3.63. The van der Waals surface area contributed by atoms with Gasteiger partial charge in [-0.1, -0.05) is 11.8 Å². The molecule has 0 atom stereocenters. The summed E-state index contributed by atoms with van der Waals surface area (Å²) < 4.78 is 4.95. The van der Waals surface area contributed by atoms with Crippen LogP contribution in [0, 0.1) is 17.0 Å². The number of aromatic nitrogens is 2. The van der Waals surface area contributed by atoms with Crippen LogP contribution in [0.15, 0.2) is 35.6 Å². The Labute approximate surface area is 136 Å². The summed E-state index contributed by atoms with van der Waals surface area (Å²) in [4.78, 5) is 30.4. The number of carbonyl (C=O) groups is 1. The van der Waals surface area contributed by atoms with Crippen molar-refractivity contribution in [3.8, 4) is 5.75 Å². The summed E-state index contributed by atoms with van der Waals surface area (Å²) in [5, 5.41) is 14.0. The molecule has 1 N–H and O–H groups in total. The first-order valence-corrected chi connectivity index (χ1v) is 7.53. The molecular weight excluding hydrogens is 320 g/mol. The quantitative estimate of drug-likeness (QED) is 0.374. The minimum atomic E-state index is -0.546. The molecule has 0 bridgehead atoms. The summed E-state index contributed by atoms with van der Waals surface area (Å²) in [6.07, 6.45) is 1.63. The number of hydrogen-bond acceptors (Lipinski definition) is 7. The molecule has 0 saturated carbocycles. The lowest BCUT2D eigenvalue weighted by molar-refractivity contribution is -0.385. The number of carbonyl (C=O) groups excluding carboxylic acids is 1. The molecule has 1 aromatic carbocycles. The van der Waals surface area contributed by atoms with E-state index in [0.717, 1.165) is 5.69 Å². The minimum Gasteiger partial charge on any atom is -0.490 e. The Kier molecular flexibility index (Phi) is 5.47. The van der Waals surface area contributed by atoms with Gasteiger partial charge in [0.15, 0.2) is 10.9 Å². The van der Waals surface area contributed by atoms with E-state index in [9.17, 15) is 14.9 Å². The zero-order chi connectivity index (χ0) is 16.8. The fourth-order valence-corrected chi connectivity index (χ4v) is 2.41. The van der Waals surface area contributed by atoms with Crippen molar-refractivity contribution in [3.63, 3.8) is 0 Å². The molecule has 1 aromatic heterocycles. The second kappa shape index (κ2) is 7.54. The van der Waals surface area contributed by atoms with E-state index in [4.69, 9.17) is 4.74 Å². The second-order valence-corrected chi connectivity index (χ2v) is 5.40. The predicted octanol–water partition coefficient (Wildman–Crippen LogP) is 2.43. The summed E-state index contributed by atoms with van der Waals surface area (Å²) in [5.41, 5.74) is 1.08. The molecular formula is C14H14N4O4S. The van der Waals surface area contributed by atoms with Gasteiger partial charge >= 0.3 is 5.69 Å². The molecule has 0 unspecified atom stereocenters. The molecule has 0 saturated heterocycles. The van der Waals surface area contributed by atoms with Crippen LogP contribution in [0.25, 0.3) is 0 Å². The van der Waals surface area contributed by atoms with E-state index in [-0.39, 0.29) is 23.1 Å². The van der Waals surface area contributed by atoms with Crippen molar-refractivity contribution in [2.75, 3.05) is 18.2 Å². The van der Waals surface area contributed by atoms with Gasteiger partial charge in [-0.2, -0.15) is 0 Å². The summed E-state index contributed by atoms with van der Waals surface area (Å²) >= 11 is 1.21. The number of nitro groups is 1. The number of thioether (sulfide) groups is 1. The zero-order valence-corrected chi connectivity index (χ0v) is 13.3. The Bertz CT molecular complexity index is 738. The maximum Gasteiger partial charge on any atom is 0.311 e. The number of rotatable bonds is 6. The molecule has 2 aromatic rings. The number of benzene rings is 1. The number of methoxy groups -OCH3 is 1. The largest absolute Gasteiger partial charge is 0.490 e. The van der Waals surface area contributed by atoms with Gasteiger partial charge < -0.3 is 10.1 Å². The van der Waals surface area contributed by atoms with E-state index in [2.05, 4.69) is 15.3 Å². The maximum atomic E-state index is 11.9. The highest BCUT2D eigenvalue weighted by Crippen LogP contribution is 2.29. The van der Waals surface area contributed by atoms with E-state index >= 15 is 0 Å². The monoisotopic (exact) mass is 334 g/mol. The number of ether oxygens (including phenoxy) is 1. The number of amides is 1. The first-order chi connectivity index (χ1) is 11.0. The normalized spacial score (nSPS) is 10.2. The van der Waals surface area contributed by atoms with Crippen molar-refractivity contribution in [1.82, 2.24) is 9.97 Å². The number of aryl methyl sites for hydroxylation is 1. The predicted molar refractivity (Wildman–Crippen MR) is 85.8 cm³/mol. The first kappa shape index (κ1) is 16.7. The van der Waals surface area contributed by atoms with Crippen LogP contribution >= 0.6 is 11.8 Å². The molecule has 0 aliphatic carbocycles. The fourth-order valence-electron chi connectivity index (χ4n) is 1.73. The number of hydrogen-bond donors (Lipinski definition) is 1. The van der Waals surface area contributed by atoms with E-state index < -0.39 is 4.92 Å². The van der Waals surface area contributed by atoms with Crippen molar-refractivity contribution in [1.29, 1.82) is 0 Å². The van der Waals surface area contributed by atoms with Crippen LogP contribution in [0.2, 0.25) is 0 Å². The fraction of sp³-hybridized carbons (Fsp3) is 0.214. The maximum absolute atomic E-state index is 11.9. The number of anilines is 1. The Hall–Kier alpha value is -2.68. The van der Waals surface area contributed by atoms with E-state index in [0.29, 0.717) is 10.8 Å². The molecule has 0 aliphatic rings. The van der Waals surface area contributed by atoms with Gasteiger partial charge in [-0.15, -0.1) is 0 Å². The molecule has 8 nitrogen and oxygen atoms in total. The Morgan fingerprint density at radius 2 is 2.22 bits per heavy atom. The van der Waals surface area contributed by atoms with E-state index in [1.54, 1.807) is 12.3 Å². The lowest BCUT2D eigenvalue weighted by atomic mass is 10.2. The third kappa shape index (κ3) is 4.65. The van der Waals surface area contributed by atoms with Gasteiger partial charge in [0.2, 0.25) is 5.91 Å². The molecule has 23 heavy (non-hydrogen) atoms. The summed E-state index contributed by atoms with van der Waals surface area (Å²) in [5.74, 6) is -0.0542. The van der Waals surface area contributed by atoms with Gasteiger partial charge in [-0.25, -0.2) is 9.97 Å². The Morgan fingerprint density at radius 1 is 1.43 bits per heavy atom. The standard InChI is InChI=1S/C14H14N4O4S/c1-9-5-6-15-14(16-9)23-8-13(19)17-10-3-4-11(18(20)21)12(7-10)22-2/h3-7H,8H2,1-2H3,(H,17,19). The molecule has 0 fully saturated rings. The van der Waals surface area contributed by atoms with Crippen LogP contribution in [-0.2, 0) is 4.79 Å². The van der Waals surface area contributed by atoms with Crippen LogP contribution in [0.1, 0.15) is 5.69 Å². The SMILES string of the molecule is COc1cc(NC(=O)CSc2nccc(C)n2)ccc1[N+](=O)[O-]. The summed E-state index contributed by atoms with van der Waals surface area (Å²) in [6.45, 7) is 1.84. The van der Waals surface area contributed by atoms with Crippen molar-refractivity contribution < 1.29 is 14.5 Å². The van der Waals surface area contributed by atoms with E-state index in [1.165, 1.54) is 37.1 Å². The van der Waals surface area contributed by atoms with Crippen LogP contribution < -0.4 is 10.1 Å². The molecule has 0 radical (unpaired) electrons. The zero-order valence-electron chi connectivity index (χ0n) is 12.5. The van der Waals surface area contributed by atoms with Crippen LogP contribution in [-0.4, -0.2) is 33.7 Å². The topological polar surface area (TPSA) is 107 Å². The molecule has 1 amide bonds. The van der Waals surface area contributed by atoms with Crippen LogP contribution in [0.4, 0.5) is 11.4 Å². The van der Waals surface area contributed by atoms with Gasteiger partial charge in [0, 0.05) is 29.7 Å². The molecule has 0 aliphatic heterocycles. The van der Waals surface area contributed by atoms with Crippen molar-refractivity contribution in [2.24, 2.45) is 0 Å². The first-order valence-electron chi connectivity index (χ1n) is 6.54. The third-order valence-electron chi connectivity index (χ3n) is 2.77. The van der Waals surface area contributed by atoms with Gasteiger partial charge in [0.05, 0.1) is 17.8 Å². The molecule has 9 heteroatoms. The van der Waals surface area contributed by atoms with Gasteiger partial charge in [0.25, 0.3) is 0 Å². The van der Waals surface area contributed by atoms with Gasteiger partial charge in [-0.05, 0) is 19.1 Å². The Balaban J connectivity index is 1.98. The molecule has 1 heterocycles. The summed E-state index contributed by atoms with van der Waals surface area (Å²) in [7, 11) is 1.33. The molecule has 0 spiro atoms. The average molecular weight is 334 g/mol. The molecule has 120 valence electrons. The number of nitro benzene ring substituents is 1. The minimum absolute atomic E-state index is 0.0856. The lowest BCUT2D eigenvalue weighted by Gasteiger charge is -2.07. The number of nitrogens with one attached hydrogen (secondary N) is 1. The lowest BCUT2D eigenvalue weighted by Crippen LogP contribution is -2.14. The molecule has 2 rings (SSSR count). The average Bonchev–Trinajstić information content (AvgIpc) is 2.52. The highest BCUT2D eigenvalue weighted by molar-refractivity contribution is 7.99.